The van der Waals surface area contributed by atoms with Gasteiger partial charge in [0.05, 0.1) is 4.92 Å². The summed E-state index contributed by atoms with van der Waals surface area (Å²) in [4.78, 5) is 23.0. The summed E-state index contributed by atoms with van der Waals surface area (Å²) in [6.07, 6.45) is 0. The summed E-state index contributed by atoms with van der Waals surface area (Å²) in [5, 5.41) is 24.0. The number of carbonyl (C=O) groups excluding carboxylic acids is 1. The Morgan fingerprint density at radius 1 is 1.38 bits per heavy atom. The summed E-state index contributed by atoms with van der Waals surface area (Å²) in [5.41, 5.74) is 1.51. The van der Waals surface area contributed by atoms with Gasteiger partial charge in [-0.15, -0.1) is 15.0 Å². The molecule has 0 radical (unpaired) electrons. The highest BCUT2D eigenvalue weighted by Gasteiger charge is 2.27. The van der Waals surface area contributed by atoms with Crippen molar-refractivity contribution < 1.29 is 18.1 Å². The fourth-order valence-corrected chi connectivity index (χ4v) is 2.63. The van der Waals surface area contributed by atoms with Crippen LogP contribution >= 0.6 is 0 Å². The van der Waals surface area contributed by atoms with Gasteiger partial charge in [0.15, 0.2) is 4.90 Å². The first kappa shape index (κ1) is 17.4. The van der Waals surface area contributed by atoms with Gasteiger partial charge in [-0.3, -0.25) is 20.3 Å². The molecule has 2 aromatic rings. The number of aromatic amines is 1. The van der Waals surface area contributed by atoms with Crippen molar-refractivity contribution in [1.29, 1.82) is 0 Å². The van der Waals surface area contributed by atoms with Crippen molar-refractivity contribution in [1.82, 2.24) is 30.9 Å². The first-order valence-corrected chi connectivity index (χ1v) is 8.04. The summed E-state index contributed by atoms with van der Waals surface area (Å²) >= 11 is 0. The molecule has 1 aromatic carbocycles. The lowest BCUT2D eigenvalue weighted by atomic mass is 10.2. The number of nitro benzene ring substituents is 1. The molecule has 0 saturated heterocycles. The first-order chi connectivity index (χ1) is 11.2. The number of tetrazole rings is 1. The molecule has 1 heterocycles. The number of nitrogens with zero attached hydrogens (tertiary/aromatic N) is 4. The number of rotatable bonds is 6. The predicted molar refractivity (Wildman–Crippen MR) is 79.6 cm³/mol. The average Bonchev–Trinajstić information content (AvgIpc) is 3.06. The SMILES string of the molecule is CC(C)C(=O)NNS(=O)(=O)c1ccc(-c2nn[nH]n2)cc1[N+](=O)[O-]. The van der Waals surface area contributed by atoms with Gasteiger partial charge in [-0.2, -0.15) is 5.21 Å². The summed E-state index contributed by atoms with van der Waals surface area (Å²) in [6.45, 7) is 3.12. The Labute approximate surface area is 135 Å². The third-order valence-corrected chi connectivity index (χ3v) is 4.18. The molecule has 2 rings (SSSR count). The van der Waals surface area contributed by atoms with Crippen molar-refractivity contribution >= 4 is 21.6 Å². The number of sulfonamides is 1. The van der Waals surface area contributed by atoms with E-state index in [0.717, 1.165) is 12.1 Å². The molecule has 0 unspecified atom stereocenters. The van der Waals surface area contributed by atoms with Gasteiger partial charge in [-0.25, -0.2) is 8.42 Å². The second-order valence-corrected chi connectivity index (χ2v) is 6.58. The van der Waals surface area contributed by atoms with Crippen molar-refractivity contribution in [3.63, 3.8) is 0 Å². The van der Waals surface area contributed by atoms with E-state index >= 15 is 0 Å². The molecular formula is C11H13N7O5S. The molecule has 0 fully saturated rings. The van der Waals surface area contributed by atoms with Crippen LogP contribution in [-0.4, -0.2) is 39.9 Å². The molecule has 1 aromatic heterocycles. The van der Waals surface area contributed by atoms with Crippen molar-refractivity contribution in [2.45, 2.75) is 18.7 Å². The van der Waals surface area contributed by atoms with Crippen LogP contribution in [0.1, 0.15) is 13.8 Å². The van der Waals surface area contributed by atoms with Crippen molar-refractivity contribution in [3.05, 3.63) is 28.3 Å². The van der Waals surface area contributed by atoms with Crippen LogP contribution in [0.25, 0.3) is 11.4 Å². The molecule has 3 N–H and O–H groups in total. The van der Waals surface area contributed by atoms with Crippen LogP contribution in [0.3, 0.4) is 0 Å². The highest BCUT2D eigenvalue weighted by Crippen LogP contribution is 2.28. The quantitative estimate of drug-likeness (QED) is 0.469. The standard InChI is InChI=1S/C11H13N7O5S/c1-6(2)11(19)14-17-24(22,23)9-4-3-7(5-8(9)18(20)21)10-12-15-16-13-10/h3-6,17H,1-2H3,(H,14,19)(H,12,13,15,16). The number of amides is 1. The second kappa shape index (κ2) is 6.67. The summed E-state index contributed by atoms with van der Waals surface area (Å²) in [5.74, 6) is -0.976. The van der Waals surface area contributed by atoms with E-state index in [1.54, 1.807) is 13.8 Å². The minimum absolute atomic E-state index is 0.0723. The molecule has 0 saturated carbocycles. The summed E-state index contributed by atoms with van der Waals surface area (Å²) in [6, 6.07) is 3.31. The molecule has 0 spiro atoms. The van der Waals surface area contributed by atoms with E-state index in [4.69, 9.17) is 0 Å². The van der Waals surface area contributed by atoms with Crippen LogP contribution in [0, 0.1) is 16.0 Å². The lowest BCUT2D eigenvalue weighted by molar-refractivity contribution is -0.387. The van der Waals surface area contributed by atoms with Crippen LogP contribution in [-0.2, 0) is 14.8 Å². The molecule has 12 nitrogen and oxygen atoms in total. The Hall–Kier alpha value is -2.93. The highest BCUT2D eigenvalue weighted by molar-refractivity contribution is 7.89. The number of H-pyrrole nitrogens is 1. The van der Waals surface area contributed by atoms with Crippen LogP contribution in [0.5, 0.6) is 0 Å². The number of benzene rings is 1. The maximum absolute atomic E-state index is 12.2. The van der Waals surface area contributed by atoms with Gasteiger partial charge < -0.3 is 0 Å². The number of hydrazine groups is 1. The fraction of sp³-hybridized carbons (Fsp3) is 0.273. The summed E-state index contributed by atoms with van der Waals surface area (Å²) < 4.78 is 24.4. The maximum Gasteiger partial charge on any atom is 0.290 e. The maximum atomic E-state index is 12.2. The number of nitro groups is 1. The van der Waals surface area contributed by atoms with Crippen molar-refractivity contribution in [2.24, 2.45) is 5.92 Å². The van der Waals surface area contributed by atoms with Gasteiger partial charge in [-0.05, 0) is 17.3 Å². The third-order valence-electron chi connectivity index (χ3n) is 2.88. The zero-order valence-electron chi connectivity index (χ0n) is 12.5. The molecule has 0 aliphatic heterocycles. The number of hydrogen-bond donors (Lipinski definition) is 3. The van der Waals surface area contributed by atoms with E-state index in [2.05, 4.69) is 20.6 Å². The molecule has 0 atom stereocenters. The molecule has 128 valence electrons. The highest BCUT2D eigenvalue weighted by atomic mass is 32.2. The second-order valence-electron chi connectivity index (χ2n) is 4.92. The van der Waals surface area contributed by atoms with Gasteiger partial charge >= 0.3 is 0 Å². The molecule has 0 aliphatic carbocycles. The van der Waals surface area contributed by atoms with Gasteiger partial charge in [0.1, 0.15) is 0 Å². The topological polar surface area (TPSA) is 173 Å². The van der Waals surface area contributed by atoms with E-state index in [1.165, 1.54) is 6.07 Å². The largest absolute Gasteiger partial charge is 0.290 e. The average molecular weight is 355 g/mol. The zero-order chi connectivity index (χ0) is 17.9. The smallest absolute Gasteiger partial charge is 0.277 e. The van der Waals surface area contributed by atoms with Crippen LogP contribution in [0.2, 0.25) is 0 Å². The minimum Gasteiger partial charge on any atom is -0.277 e. The molecule has 0 bridgehead atoms. The van der Waals surface area contributed by atoms with E-state index in [0.29, 0.717) is 0 Å². The first-order valence-electron chi connectivity index (χ1n) is 6.56. The monoisotopic (exact) mass is 355 g/mol. The predicted octanol–water partition coefficient (Wildman–Crippen LogP) is -0.260. The Bertz CT molecular complexity index is 863. The van der Waals surface area contributed by atoms with E-state index in [1.807, 2.05) is 10.3 Å². The van der Waals surface area contributed by atoms with Crippen molar-refractivity contribution in [3.8, 4) is 11.4 Å². The summed E-state index contributed by atoms with van der Waals surface area (Å²) in [7, 11) is -4.34. The molecule has 1 amide bonds. The lowest BCUT2D eigenvalue weighted by Crippen LogP contribution is -2.43. The normalized spacial score (nSPS) is 11.5. The van der Waals surface area contributed by atoms with E-state index in [9.17, 15) is 23.3 Å². The van der Waals surface area contributed by atoms with Gasteiger partial charge in [0, 0.05) is 17.5 Å². The molecule has 0 aliphatic rings. The Morgan fingerprint density at radius 2 is 2.08 bits per heavy atom. The van der Waals surface area contributed by atoms with Crippen molar-refractivity contribution in [2.75, 3.05) is 0 Å². The molecular weight excluding hydrogens is 342 g/mol. The van der Waals surface area contributed by atoms with Gasteiger partial charge in [-0.1, -0.05) is 13.8 Å². The van der Waals surface area contributed by atoms with Crippen LogP contribution in [0.15, 0.2) is 23.1 Å². The minimum atomic E-state index is -4.34. The number of hydrogen-bond acceptors (Lipinski definition) is 8. The molecule has 24 heavy (non-hydrogen) atoms. The lowest BCUT2D eigenvalue weighted by Gasteiger charge is -2.10. The van der Waals surface area contributed by atoms with E-state index < -0.39 is 37.4 Å². The third kappa shape index (κ3) is 3.69. The zero-order valence-corrected chi connectivity index (χ0v) is 13.4. The van der Waals surface area contributed by atoms with Crippen LogP contribution in [0.4, 0.5) is 5.69 Å². The molecule has 13 heteroatoms. The number of carbonyl (C=O) groups is 1. The Balaban J connectivity index is 2.38. The van der Waals surface area contributed by atoms with Gasteiger partial charge in [0.2, 0.25) is 11.7 Å². The Kier molecular flexibility index (Phi) is 4.85. The Morgan fingerprint density at radius 3 is 2.62 bits per heavy atom. The number of nitrogens with one attached hydrogen (secondary N) is 3. The number of aromatic nitrogens is 4. The van der Waals surface area contributed by atoms with Crippen LogP contribution < -0.4 is 10.3 Å². The van der Waals surface area contributed by atoms with Gasteiger partial charge in [0.25, 0.3) is 15.7 Å². The van der Waals surface area contributed by atoms with E-state index in [-0.39, 0.29) is 11.4 Å². The fourth-order valence-electron chi connectivity index (χ4n) is 1.63.